The molecular weight excluding hydrogens is 340 g/mol. The van der Waals surface area contributed by atoms with E-state index in [0.29, 0.717) is 35.1 Å². The maximum atomic E-state index is 5.66. The molecule has 0 saturated carbocycles. The molecule has 0 radical (unpaired) electrons. The fourth-order valence-electron chi connectivity index (χ4n) is 2.21. The van der Waals surface area contributed by atoms with Gasteiger partial charge in [-0.2, -0.15) is 4.98 Å². The maximum Gasteiger partial charge on any atom is 0.277 e. The van der Waals surface area contributed by atoms with E-state index < -0.39 is 0 Å². The van der Waals surface area contributed by atoms with Gasteiger partial charge in [0.2, 0.25) is 11.8 Å². The van der Waals surface area contributed by atoms with E-state index in [1.54, 1.807) is 7.11 Å². The molecule has 0 aliphatic rings. The van der Waals surface area contributed by atoms with E-state index in [-0.39, 0.29) is 0 Å². The Morgan fingerprint density at radius 1 is 1.12 bits per heavy atom. The van der Waals surface area contributed by atoms with Gasteiger partial charge < -0.3 is 13.7 Å². The molecule has 8 heteroatoms. The van der Waals surface area contributed by atoms with E-state index in [9.17, 15) is 0 Å². The summed E-state index contributed by atoms with van der Waals surface area (Å²) in [6.07, 6.45) is 1.39. The molecule has 132 valence electrons. The van der Waals surface area contributed by atoms with Crippen LogP contribution in [0.5, 0.6) is 5.75 Å². The fraction of sp³-hybridized carbons (Fsp3) is 0.412. The topological polar surface area (TPSA) is 87.1 Å². The highest BCUT2D eigenvalue weighted by atomic mass is 32.2. The second kappa shape index (κ2) is 8.15. The summed E-state index contributed by atoms with van der Waals surface area (Å²) in [6, 6.07) is 7.77. The first-order chi connectivity index (χ1) is 12.1. The van der Waals surface area contributed by atoms with E-state index in [1.165, 1.54) is 11.8 Å². The summed E-state index contributed by atoms with van der Waals surface area (Å²) in [5, 5.41) is 12.6. The number of nitrogens with zero attached hydrogens (tertiary/aromatic N) is 4. The molecule has 1 aromatic carbocycles. The number of rotatable bonds is 8. The van der Waals surface area contributed by atoms with Gasteiger partial charge in [0.1, 0.15) is 5.75 Å². The highest BCUT2D eigenvalue weighted by Gasteiger charge is 2.12. The first-order valence-electron chi connectivity index (χ1n) is 8.02. The number of hydrogen-bond acceptors (Lipinski definition) is 8. The van der Waals surface area contributed by atoms with Crippen molar-refractivity contribution in [2.24, 2.45) is 5.92 Å². The van der Waals surface area contributed by atoms with Crippen molar-refractivity contribution in [1.82, 2.24) is 20.3 Å². The number of methoxy groups -OCH3 is 1. The Morgan fingerprint density at radius 3 is 2.64 bits per heavy atom. The molecule has 0 saturated heterocycles. The number of aromatic nitrogens is 4. The Hall–Kier alpha value is -2.35. The molecule has 7 nitrogen and oxygen atoms in total. The normalized spacial score (nSPS) is 11.2. The molecule has 0 unspecified atom stereocenters. The highest BCUT2D eigenvalue weighted by molar-refractivity contribution is 7.98. The lowest BCUT2D eigenvalue weighted by atomic mass is 10.1. The molecule has 0 atom stereocenters. The second-order valence-corrected chi connectivity index (χ2v) is 6.90. The summed E-state index contributed by atoms with van der Waals surface area (Å²) in [7, 11) is 1.64. The zero-order chi connectivity index (χ0) is 17.6. The van der Waals surface area contributed by atoms with Gasteiger partial charge in [0.25, 0.3) is 5.22 Å². The largest absolute Gasteiger partial charge is 0.497 e. The van der Waals surface area contributed by atoms with Crippen molar-refractivity contribution in [3.8, 4) is 5.75 Å². The van der Waals surface area contributed by atoms with E-state index in [4.69, 9.17) is 13.7 Å². The van der Waals surface area contributed by atoms with Gasteiger partial charge in [0, 0.05) is 6.42 Å². The van der Waals surface area contributed by atoms with Crippen molar-refractivity contribution in [2.45, 2.75) is 37.7 Å². The first-order valence-corrected chi connectivity index (χ1v) is 9.00. The molecule has 0 aliphatic carbocycles. The van der Waals surface area contributed by atoms with Crippen LogP contribution in [0.4, 0.5) is 0 Å². The lowest BCUT2D eigenvalue weighted by molar-refractivity contribution is 0.381. The zero-order valence-corrected chi connectivity index (χ0v) is 15.2. The highest BCUT2D eigenvalue weighted by Crippen LogP contribution is 2.22. The monoisotopic (exact) mass is 360 g/mol. The van der Waals surface area contributed by atoms with Crippen LogP contribution in [0.15, 0.2) is 38.4 Å². The van der Waals surface area contributed by atoms with Crippen LogP contribution in [-0.2, 0) is 18.6 Å². The van der Waals surface area contributed by atoms with Gasteiger partial charge in [-0.1, -0.05) is 42.9 Å². The van der Waals surface area contributed by atoms with Crippen molar-refractivity contribution < 1.29 is 13.7 Å². The summed E-state index contributed by atoms with van der Waals surface area (Å²) >= 11 is 1.39. The molecule has 25 heavy (non-hydrogen) atoms. The fourth-order valence-corrected chi connectivity index (χ4v) is 2.82. The van der Waals surface area contributed by atoms with Crippen LogP contribution < -0.4 is 4.74 Å². The van der Waals surface area contributed by atoms with Crippen LogP contribution in [0.3, 0.4) is 0 Å². The average molecular weight is 360 g/mol. The van der Waals surface area contributed by atoms with Crippen LogP contribution in [0.1, 0.15) is 37.0 Å². The van der Waals surface area contributed by atoms with Crippen LogP contribution >= 0.6 is 11.8 Å². The lowest BCUT2D eigenvalue weighted by Crippen LogP contribution is -1.96. The number of thioether (sulfide) groups is 1. The summed E-state index contributed by atoms with van der Waals surface area (Å²) in [5.74, 6) is 3.69. The Labute approximate surface area is 150 Å². The molecule has 0 bridgehead atoms. The average Bonchev–Trinajstić information content (AvgIpc) is 3.22. The van der Waals surface area contributed by atoms with Crippen molar-refractivity contribution >= 4 is 11.8 Å². The summed E-state index contributed by atoms with van der Waals surface area (Å²) in [5.41, 5.74) is 1.08. The minimum absolute atomic E-state index is 0.493. The molecule has 0 amide bonds. The van der Waals surface area contributed by atoms with E-state index >= 15 is 0 Å². The number of benzene rings is 1. The molecule has 3 rings (SSSR count). The van der Waals surface area contributed by atoms with E-state index in [1.807, 2.05) is 24.3 Å². The van der Waals surface area contributed by atoms with Gasteiger partial charge in [0.05, 0.1) is 19.3 Å². The van der Waals surface area contributed by atoms with Crippen molar-refractivity contribution in [3.05, 3.63) is 47.4 Å². The van der Waals surface area contributed by atoms with Crippen LogP contribution in [-0.4, -0.2) is 27.4 Å². The van der Waals surface area contributed by atoms with E-state index in [2.05, 4.69) is 34.2 Å². The van der Waals surface area contributed by atoms with Gasteiger partial charge in [-0.25, -0.2) is 0 Å². The molecule has 2 heterocycles. The first kappa shape index (κ1) is 17.5. The van der Waals surface area contributed by atoms with Crippen molar-refractivity contribution in [1.29, 1.82) is 0 Å². The van der Waals surface area contributed by atoms with Crippen LogP contribution in [0, 0.1) is 5.92 Å². The predicted octanol–water partition coefficient (Wildman–Crippen LogP) is 3.54. The zero-order valence-electron chi connectivity index (χ0n) is 14.4. The molecule has 0 N–H and O–H groups in total. The van der Waals surface area contributed by atoms with E-state index in [0.717, 1.165) is 23.6 Å². The van der Waals surface area contributed by atoms with Crippen molar-refractivity contribution in [3.63, 3.8) is 0 Å². The van der Waals surface area contributed by atoms with Gasteiger partial charge in [-0.3, -0.25) is 0 Å². The third kappa shape index (κ3) is 5.06. The number of hydrogen-bond donors (Lipinski definition) is 0. The maximum absolute atomic E-state index is 5.66. The summed E-state index contributed by atoms with van der Waals surface area (Å²) in [6.45, 7) is 4.24. The van der Waals surface area contributed by atoms with Crippen LogP contribution in [0.2, 0.25) is 0 Å². The third-order valence-electron chi connectivity index (χ3n) is 3.38. The Kier molecular flexibility index (Phi) is 5.70. The van der Waals surface area contributed by atoms with Crippen LogP contribution in [0.25, 0.3) is 0 Å². The summed E-state index contributed by atoms with van der Waals surface area (Å²) in [4.78, 5) is 4.36. The standard InChI is InChI=1S/C17H20N4O3S/c1-11(2)8-14-18-16(24-21-14)10-25-17-20-19-15(23-17)9-12-4-6-13(22-3)7-5-12/h4-7,11H,8-10H2,1-3H3. The Bertz CT molecular complexity index is 798. The minimum atomic E-state index is 0.493. The second-order valence-electron chi connectivity index (χ2n) is 5.98. The smallest absolute Gasteiger partial charge is 0.277 e. The SMILES string of the molecule is COc1ccc(Cc2nnc(SCc3nc(CC(C)C)no3)o2)cc1. The quantitative estimate of drug-likeness (QED) is 0.564. The molecule has 3 aromatic rings. The van der Waals surface area contributed by atoms with Gasteiger partial charge in [-0.05, 0) is 23.6 Å². The molecule has 2 aromatic heterocycles. The number of ether oxygens (including phenoxy) is 1. The van der Waals surface area contributed by atoms with Gasteiger partial charge in [0.15, 0.2) is 5.82 Å². The summed E-state index contributed by atoms with van der Waals surface area (Å²) < 4.78 is 16.0. The Morgan fingerprint density at radius 2 is 1.92 bits per heavy atom. The Balaban J connectivity index is 1.53. The molecule has 0 aliphatic heterocycles. The minimum Gasteiger partial charge on any atom is -0.497 e. The lowest BCUT2D eigenvalue weighted by Gasteiger charge is -2.00. The molecular formula is C17H20N4O3S. The third-order valence-corrected chi connectivity index (χ3v) is 4.19. The molecule has 0 spiro atoms. The van der Waals surface area contributed by atoms with Gasteiger partial charge >= 0.3 is 0 Å². The predicted molar refractivity (Wildman–Crippen MR) is 92.5 cm³/mol. The molecule has 0 fully saturated rings. The van der Waals surface area contributed by atoms with Gasteiger partial charge in [-0.15, -0.1) is 10.2 Å². The van der Waals surface area contributed by atoms with Crippen molar-refractivity contribution in [2.75, 3.05) is 7.11 Å².